The fraction of sp³-hybridized carbons (Fsp3) is 0.393. The number of carbonyl (C=O) groups is 1. The van der Waals surface area contributed by atoms with Crippen molar-refractivity contribution >= 4 is 5.97 Å². The van der Waals surface area contributed by atoms with Crippen molar-refractivity contribution in [3.63, 3.8) is 0 Å². The minimum atomic E-state index is -1.23. The summed E-state index contributed by atoms with van der Waals surface area (Å²) in [6.07, 6.45) is 8.20. The van der Waals surface area contributed by atoms with Crippen LogP contribution in [-0.2, 0) is 11.2 Å². The third-order valence-electron chi connectivity index (χ3n) is 6.27. The number of esters is 1. The maximum absolute atomic E-state index is 11.8. The molecule has 6 nitrogen and oxygen atoms in total. The van der Waals surface area contributed by atoms with E-state index >= 15 is 0 Å². The molecule has 2 N–H and O–H groups in total. The van der Waals surface area contributed by atoms with Crippen molar-refractivity contribution in [3.8, 4) is 5.75 Å². The van der Waals surface area contributed by atoms with E-state index in [4.69, 9.17) is 9.47 Å². The second-order valence-electron chi connectivity index (χ2n) is 8.71. The van der Waals surface area contributed by atoms with Crippen molar-refractivity contribution in [1.29, 1.82) is 0 Å². The molecule has 1 aliphatic rings. The fourth-order valence-electron chi connectivity index (χ4n) is 4.42. The van der Waals surface area contributed by atoms with Crippen molar-refractivity contribution in [3.05, 3.63) is 90.0 Å². The summed E-state index contributed by atoms with van der Waals surface area (Å²) >= 11 is 0. The topological polar surface area (TPSA) is 79.2 Å². The smallest absolute Gasteiger partial charge is 0.337 e. The molecule has 0 saturated heterocycles. The number of aliphatic hydroxyl groups is 2. The standard InChI is InChI=1S/C28H35NO5/c1-4-24-10-8-9-17-28(24,32)29(19-25(30)20-34-26-11-6-5-7-12-26)21(2)18-22-13-15-23(16-14-22)27(31)33-3/h5-17,21,24-25,30,32H,4,18-20H2,1-3H3/t21-,24-,25-,28?/m1/s1. The van der Waals surface area contributed by atoms with E-state index in [9.17, 15) is 15.0 Å². The first-order chi connectivity index (χ1) is 16.4. The number of para-hydroxylation sites is 1. The Morgan fingerprint density at radius 2 is 1.82 bits per heavy atom. The van der Waals surface area contributed by atoms with Gasteiger partial charge >= 0.3 is 5.97 Å². The molecule has 0 aliphatic heterocycles. The number of nitrogens with zero attached hydrogens (tertiary/aromatic N) is 1. The summed E-state index contributed by atoms with van der Waals surface area (Å²) in [7, 11) is 1.36. The summed E-state index contributed by atoms with van der Waals surface area (Å²) in [6, 6.07) is 16.5. The van der Waals surface area contributed by atoms with Crippen molar-refractivity contribution in [2.75, 3.05) is 20.3 Å². The van der Waals surface area contributed by atoms with Crippen LogP contribution in [0.2, 0.25) is 0 Å². The number of carbonyl (C=O) groups excluding carboxylic acids is 1. The summed E-state index contributed by atoms with van der Waals surface area (Å²) in [5.41, 5.74) is 0.282. The lowest BCUT2D eigenvalue weighted by molar-refractivity contribution is -0.132. The maximum Gasteiger partial charge on any atom is 0.337 e. The van der Waals surface area contributed by atoms with Gasteiger partial charge < -0.3 is 19.7 Å². The monoisotopic (exact) mass is 465 g/mol. The first kappa shape index (κ1) is 25.7. The molecule has 182 valence electrons. The lowest BCUT2D eigenvalue weighted by Gasteiger charge is -2.47. The van der Waals surface area contributed by atoms with Crippen molar-refractivity contribution < 1.29 is 24.5 Å². The second-order valence-corrected chi connectivity index (χ2v) is 8.71. The number of benzene rings is 2. The average Bonchev–Trinajstić information content (AvgIpc) is 2.86. The fourth-order valence-corrected chi connectivity index (χ4v) is 4.42. The van der Waals surface area contributed by atoms with Crippen LogP contribution in [0.4, 0.5) is 0 Å². The Kier molecular flexibility index (Phi) is 9.05. The number of ether oxygens (including phenoxy) is 2. The Morgan fingerprint density at radius 1 is 1.12 bits per heavy atom. The Balaban J connectivity index is 1.77. The maximum atomic E-state index is 11.8. The molecule has 0 aromatic heterocycles. The average molecular weight is 466 g/mol. The molecule has 0 spiro atoms. The molecular weight excluding hydrogens is 430 g/mol. The molecule has 1 aliphatic carbocycles. The van der Waals surface area contributed by atoms with Gasteiger partial charge in [-0.15, -0.1) is 0 Å². The van der Waals surface area contributed by atoms with Gasteiger partial charge in [0.2, 0.25) is 0 Å². The van der Waals surface area contributed by atoms with Gasteiger partial charge in [0, 0.05) is 18.5 Å². The van der Waals surface area contributed by atoms with E-state index in [0.717, 1.165) is 12.0 Å². The van der Waals surface area contributed by atoms with Gasteiger partial charge in [0.25, 0.3) is 0 Å². The van der Waals surface area contributed by atoms with Gasteiger partial charge in [0.1, 0.15) is 24.2 Å². The number of aliphatic hydroxyl groups excluding tert-OH is 1. The molecule has 4 atom stereocenters. The first-order valence-corrected chi connectivity index (χ1v) is 11.8. The minimum absolute atomic E-state index is 0.106. The molecule has 3 rings (SSSR count). The van der Waals surface area contributed by atoms with Crippen LogP contribution in [0.3, 0.4) is 0 Å². The highest BCUT2D eigenvalue weighted by molar-refractivity contribution is 5.89. The highest BCUT2D eigenvalue weighted by atomic mass is 16.5. The van der Waals surface area contributed by atoms with Gasteiger partial charge in [0.15, 0.2) is 0 Å². The molecule has 6 heteroatoms. The molecule has 0 fully saturated rings. The van der Waals surface area contributed by atoms with Crippen LogP contribution >= 0.6 is 0 Å². The van der Waals surface area contributed by atoms with Gasteiger partial charge in [-0.1, -0.05) is 55.5 Å². The van der Waals surface area contributed by atoms with E-state index in [1.165, 1.54) is 7.11 Å². The van der Waals surface area contributed by atoms with E-state index in [1.807, 2.05) is 85.5 Å². The summed E-state index contributed by atoms with van der Waals surface area (Å²) in [6.45, 7) is 4.44. The van der Waals surface area contributed by atoms with E-state index in [0.29, 0.717) is 17.7 Å². The molecule has 0 radical (unpaired) electrons. The van der Waals surface area contributed by atoms with Crippen LogP contribution in [-0.4, -0.2) is 59.2 Å². The molecule has 0 amide bonds. The molecule has 1 unspecified atom stereocenters. The summed E-state index contributed by atoms with van der Waals surface area (Å²) in [4.78, 5) is 13.7. The van der Waals surface area contributed by atoms with Gasteiger partial charge in [-0.25, -0.2) is 4.79 Å². The van der Waals surface area contributed by atoms with Gasteiger partial charge in [0.05, 0.1) is 12.7 Å². The summed E-state index contributed by atoms with van der Waals surface area (Å²) in [5.74, 6) is 0.211. The lowest BCUT2D eigenvalue weighted by atomic mass is 9.85. The molecular formula is C28H35NO5. The van der Waals surface area contributed by atoms with Crippen LogP contribution in [0.25, 0.3) is 0 Å². The van der Waals surface area contributed by atoms with Crippen molar-refractivity contribution in [1.82, 2.24) is 4.90 Å². The zero-order chi connectivity index (χ0) is 24.6. The van der Waals surface area contributed by atoms with Crippen molar-refractivity contribution in [2.45, 2.75) is 44.6 Å². The van der Waals surface area contributed by atoms with Crippen LogP contribution in [0.15, 0.2) is 78.9 Å². The van der Waals surface area contributed by atoms with Crippen LogP contribution < -0.4 is 4.74 Å². The molecule has 2 aromatic rings. The summed E-state index contributed by atoms with van der Waals surface area (Å²) in [5, 5.41) is 22.7. The zero-order valence-electron chi connectivity index (χ0n) is 20.1. The zero-order valence-corrected chi connectivity index (χ0v) is 20.1. The molecule has 2 aromatic carbocycles. The third-order valence-corrected chi connectivity index (χ3v) is 6.27. The molecule has 0 heterocycles. The van der Waals surface area contributed by atoms with Gasteiger partial charge in [-0.2, -0.15) is 0 Å². The van der Waals surface area contributed by atoms with E-state index in [2.05, 4.69) is 0 Å². The Morgan fingerprint density at radius 3 is 2.47 bits per heavy atom. The lowest BCUT2D eigenvalue weighted by Crippen LogP contribution is -2.59. The third kappa shape index (κ3) is 6.35. The van der Waals surface area contributed by atoms with E-state index < -0.39 is 11.8 Å². The number of rotatable bonds is 11. The quantitative estimate of drug-likeness (QED) is 0.386. The Bertz CT molecular complexity index is 972. The number of hydrogen-bond donors (Lipinski definition) is 2. The number of allylic oxidation sites excluding steroid dienone is 2. The molecule has 0 bridgehead atoms. The highest BCUT2D eigenvalue weighted by Gasteiger charge is 2.42. The summed E-state index contributed by atoms with van der Waals surface area (Å²) < 4.78 is 10.5. The number of hydrogen-bond acceptors (Lipinski definition) is 6. The highest BCUT2D eigenvalue weighted by Crippen LogP contribution is 2.33. The predicted octanol–water partition coefficient (Wildman–Crippen LogP) is 3.99. The van der Waals surface area contributed by atoms with Gasteiger partial charge in [-0.3, -0.25) is 4.90 Å². The van der Waals surface area contributed by atoms with E-state index in [1.54, 1.807) is 12.1 Å². The first-order valence-electron chi connectivity index (χ1n) is 11.8. The molecule has 34 heavy (non-hydrogen) atoms. The van der Waals surface area contributed by atoms with Crippen LogP contribution in [0, 0.1) is 5.92 Å². The minimum Gasteiger partial charge on any atom is -0.491 e. The molecule has 0 saturated carbocycles. The Hall–Kier alpha value is -2.93. The number of methoxy groups -OCH3 is 1. The van der Waals surface area contributed by atoms with E-state index in [-0.39, 0.29) is 31.1 Å². The normalized spacial score (nSPS) is 21.3. The predicted molar refractivity (Wildman–Crippen MR) is 133 cm³/mol. The largest absolute Gasteiger partial charge is 0.491 e. The SMILES string of the molecule is CC[C@@H]1C=CC=CC1(O)N(C[C@@H](O)COc1ccccc1)[C@H](C)Cc1ccc(C(=O)OC)cc1. The van der Waals surface area contributed by atoms with Crippen LogP contribution in [0.1, 0.15) is 36.2 Å². The second kappa shape index (κ2) is 12.0. The Labute approximate surface area is 202 Å². The van der Waals surface area contributed by atoms with Crippen LogP contribution in [0.5, 0.6) is 5.75 Å². The van der Waals surface area contributed by atoms with Crippen molar-refractivity contribution in [2.24, 2.45) is 5.92 Å². The van der Waals surface area contributed by atoms with Gasteiger partial charge in [-0.05, 0) is 55.7 Å².